The zero-order valence-electron chi connectivity index (χ0n) is 23.4. The molecule has 1 saturated carbocycles. The van der Waals surface area contributed by atoms with Crippen LogP contribution in [-0.2, 0) is 21.1 Å². The fourth-order valence-corrected chi connectivity index (χ4v) is 6.84. The Labute approximate surface area is 238 Å². The zero-order valence-corrected chi connectivity index (χ0v) is 24.2. The molecule has 12 nitrogen and oxygen atoms in total. The van der Waals surface area contributed by atoms with Crippen LogP contribution in [0.1, 0.15) is 65.9 Å². The van der Waals surface area contributed by atoms with Crippen molar-refractivity contribution in [2.75, 3.05) is 25.2 Å². The number of amides is 2. The van der Waals surface area contributed by atoms with Crippen molar-refractivity contribution in [1.82, 2.24) is 29.9 Å². The largest absolute Gasteiger partial charge is 0.381 e. The summed E-state index contributed by atoms with van der Waals surface area (Å²) in [5.41, 5.74) is 8.63. The highest BCUT2D eigenvalue weighted by Gasteiger charge is 2.41. The van der Waals surface area contributed by atoms with Crippen molar-refractivity contribution in [2.45, 2.75) is 69.2 Å². The molecule has 1 unspecified atom stereocenters. The number of nitrogen functional groups attached to an aromatic ring is 1. The third kappa shape index (κ3) is 5.29. The number of benzene rings is 1. The lowest BCUT2D eigenvalue weighted by molar-refractivity contribution is 0.0693. The minimum Gasteiger partial charge on any atom is -0.381 e. The number of ether oxygens (including phenoxy) is 1. The van der Waals surface area contributed by atoms with E-state index < -0.39 is 15.7 Å². The van der Waals surface area contributed by atoms with Gasteiger partial charge in [-0.05, 0) is 63.1 Å². The predicted molar refractivity (Wildman–Crippen MR) is 152 cm³/mol. The molecule has 2 fully saturated rings. The van der Waals surface area contributed by atoms with Crippen LogP contribution in [0, 0.1) is 5.92 Å². The Morgan fingerprint density at radius 1 is 1.17 bits per heavy atom. The lowest BCUT2D eigenvalue weighted by Gasteiger charge is -2.27. The average Bonchev–Trinajstić information content (AvgIpc) is 3.60. The molecule has 2 aliphatic heterocycles. The maximum Gasteiger partial charge on any atom is 0.272 e. The van der Waals surface area contributed by atoms with Gasteiger partial charge in [-0.25, -0.2) is 18.4 Å². The van der Waals surface area contributed by atoms with Gasteiger partial charge in [0, 0.05) is 49.9 Å². The molecule has 4 N–H and O–H groups in total. The summed E-state index contributed by atoms with van der Waals surface area (Å²) < 4.78 is 32.8. The molecular formula is C28H35N7O5S. The lowest BCUT2D eigenvalue weighted by atomic mass is 10.0. The number of hydrogen-bond donors (Lipinski definition) is 3. The molecule has 13 heteroatoms. The number of nitrogens with zero attached hydrogens (tertiary/aromatic N) is 4. The molecule has 2 aromatic heterocycles. The predicted octanol–water partition coefficient (Wildman–Crippen LogP) is 1.98. The van der Waals surface area contributed by atoms with Gasteiger partial charge in [-0.1, -0.05) is 0 Å². The van der Waals surface area contributed by atoms with E-state index in [1.807, 2.05) is 19.9 Å². The van der Waals surface area contributed by atoms with Gasteiger partial charge in [0.2, 0.25) is 0 Å². The Bertz CT molecular complexity index is 1640. The van der Waals surface area contributed by atoms with Crippen molar-refractivity contribution in [2.24, 2.45) is 5.92 Å². The molecule has 3 aliphatic rings. The maximum absolute atomic E-state index is 13.4. The Balaban J connectivity index is 1.34. The molecule has 218 valence electrons. The molecule has 0 radical (unpaired) electrons. The Morgan fingerprint density at radius 2 is 1.90 bits per heavy atom. The number of nitrogens with one attached hydrogen (secondary N) is 2. The molecule has 0 spiro atoms. The first kappa shape index (κ1) is 27.6. The second-order valence-corrected chi connectivity index (χ2v) is 13.4. The van der Waals surface area contributed by atoms with Gasteiger partial charge in [-0.2, -0.15) is 0 Å². The summed E-state index contributed by atoms with van der Waals surface area (Å²) in [5.74, 6) is -0.146. The van der Waals surface area contributed by atoms with Crippen LogP contribution in [0.3, 0.4) is 0 Å². The Morgan fingerprint density at radius 3 is 2.59 bits per heavy atom. The van der Waals surface area contributed by atoms with E-state index in [9.17, 15) is 18.0 Å². The molecule has 6 rings (SSSR count). The molecule has 3 aromatic rings. The van der Waals surface area contributed by atoms with Crippen LogP contribution < -0.4 is 16.4 Å². The van der Waals surface area contributed by atoms with Gasteiger partial charge in [0.15, 0.2) is 21.3 Å². The molecular weight excluding hydrogens is 546 g/mol. The minimum absolute atomic E-state index is 0.0107. The summed E-state index contributed by atoms with van der Waals surface area (Å²) in [6.07, 6.45) is 7.81. The van der Waals surface area contributed by atoms with E-state index in [1.54, 1.807) is 21.7 Å². The van der Waals surface area contributed by atoms with E-state index >= 15 is 0 Å². The molecule has 1 aliphatic carbocycles. The number of carbonyl (C=O) groups is 2. The maximum atomic E-state index is 13.4. The van der Waals surface area contributed by atoms with Gasteiger partial charge in [-0.15, -0.1) is 0 Å². The van der Waals surface area contributed by atoms with E-state index in [-0.39, 0.29) is 46.1 Å². The first-order valence-electron chi connectivity index (χ1n) is 14.0. The number of fused-ring (bicyclic) bond motifs is 2. The number of imidazole rings is 1. The molecule has 2 amide bonds. The van der Waals surface area contributed by atoms with Crippen molar-refractivity contribution < 1.29 is 22.7 Å². The Hall–Kier alpha value is -3.55. The molecule has 1 aromatic carbocycles. The van der Waals surface area contributed by atoms with Crippen LogP contribution >= 0.6 is 0 Å². The van der Waals surface area contributed by atoms with Crippen LogP contribution in [-0.4, -0.2) is 77.2 Å². The molecule has 0 bridgehead atoms. The van der Waals surface area contributed by atoms with Crippen molar-refractivity contribution in [1.29, 1.82) is 0 Å². The van der Waals surface area contributed by atoms with Gasteiger partial charge in [-0.3, -0.25) is 19.3 Å². The van der Waals surface area contributed by atoms with Crippen LogP contribution in [0.15, 0.2) is 29.4 Å². The van der Waals surface area contributed by atoms with Gasteiger partial charge in [0.05, 0.1) is 28.5 Å². The number of anilines is 1. The smallest absolute Gasteiger partial charge is 0.272 e. The van der Waals surface area contributed by atoms with Crippen molar-refractivity contribution in [3.63, 3.8) is 0 Å². The summed E-state index contributed by atoms with van der Waals surface area (Å²) in [6.45, 7) is 5.60. The molecule has 41 heavy (non-hydrogen) atoms. The van der Waals surface area contributed by atoms with Gasteiger partial charge >= 0.3 is 0 Å². The number of aromatic nitrogens is 3. The van der Waals surface area contributed by atoms with Crippen molar-refractivity contribution >= 4 is 33.1 Å². The molecule has 1 saturated heterocycles. The van der Waals surface area contributed by atoms with Gasteiger partial charge in [0.25, 0.3) is 11.8 Å². The molecule has 4 heterocycles. The monoisotopic (exact) mass is 581 g/mol. The van der Waals surface area contributed by atoms with Crippen LogP contribution in [0.25, 0.3) is 16.9 Å². The summed E-state index contributed by atoms with van der Waals surface area (Å²) in [5, 5.41) is 6.31. The lowest BCUT2D eigenvalue weighted by Crippen LogP contribution is -2.49. The van der Waals surface area contributed by atoms with E-state index in [4.69, 9.17) is 10.5 Å². The van der Waals surface area contributed by atoms with E-state index in [2.05, 4.69) is 20.6 Å². The average molecular weight is 582 g/mol. The van der Waals surface area contributed by atoms with Crippen molar-refractivity contribution in [3.05, 3.63) is 41.3 Å². The highest BCUT2D eigenvalue weighted by atomic mass is 32.2. The number of carbonyl (C=O) groups excluding carboxylic acids is 2. The van der Waals surface area contributed by atoms with Gasteiger partial charge in [0.1, 0.15) is 5.69 Å². The zero-order chi connectivity index (χ0) is 29.1. The standard InChI is InChI=1S/C28H35N7O5S/c1-15(17-4-5-17)34-13-19-10-18(11-23(41(3,38)39)24(19)28(34)37)22-12-30-26-25(29)33-21(14-35(22)26)27(36)32-16(2)31-20-6-8-40-9-7-20/h10-12,14-17,20,31H,4-9,13H2,1-3H3,(H2,29,33)(H,32,36)/t15-,16?/m0/s1. The fourth-order valence-electron chi connectivity index (χ4n) is 5.91. The van der Waals surface area contributed by atoms with Crippen molar-refractivity contribution in [3.8, 4) is 11.3 Å². The summed E-state index contributed by atoms with van der Waals surface area (Å²) in [6, 6.07) is 3.63. The summed E-state index contributed by atoms with van der Waals surface area (Å²) >= 11 is 0. The SMILES string of the molecule is CC(NC(=O)c1cn2c(-c3cc4c(c(S(C)(=O)=O)c3)C(=O)N([C@@H](C)C3CC3)C4)cnc2c(N)n1)NC1CCOCC1. The third-order valence-corrected chi connectivity index (χ3v) is 9.42. The van der Waals surface area contributed by atoms with Crippen LogP contribution in [0.4, 0.5) is 5.82 Å². The summed E-state index contributed by atoms with van der Waals surface area (Å²) in [4.78, 5) is 37.0. The normalized spacial score (nSPS) is 19.4. The second kappa shape index (κ2) is 10.4. The van der Waals surface area contributed by atoms with Crippen LogP contribution in [0.5, 0.6) is 0 Å². The van der Waals surface area contributed by atoms with Crippen LogP contribution in [0.2, 0.25) is 0 Å². The molecule has 2 atom stereocenters. The first-order chi connectivity index (χ1) is 19.5. The van der Waals surface area contributed by atoms with Gasteiger partial charge < -0.3 is 20.7 Å². The number of nitrogens with two attached hydrogens (primary N) is 1. The highest BCUT2D eigenvalue weighted by Crippen LogP contribution is 2.41. The number of hydrogen-bond acceptors (Lipinski definition) is 9. The number of sulfone groups is 1. The fraction of sp³-hybridized carbons (Fsp3) is 0.500. The third-order valence-electron chi connectivity index (χ3n) is 8.30. The van der Waals surface area contributed by atoms with E-state index in [1.165, 1.54) is 6.07 Å². The minimum atomic E-state index is -3.73. The Kier molecular flexibility index (Phi) is 6.99. The first-order valence-corrected chi connectivity index (χ1v) is 15.9. The highest BCUT2D eigenvalue weighted by molar-refractivity contribution is 7.90. The number of rotatable bonds is 8. The second-order valence-electron chi connectivity index (χ2n) is 11.4. The van der Waals surface area contributed by atoms with E-state index in [0.29, 0.717) is 48.1 Å². The topological polar surface area (TPSA) is 161 Å². The summed E-state index contributed by atoms with van der Waals surface area (Å²) in [7, 11) is -3.73. The quantitative estimate of drug-likeness (QED) is 0.338. The van der Waals surface area contributed by atoms with E-state index in [0.717, 1.165) is 31.9 Å².